The van der Waals surface area contributed by atoms with Crippen LogP contribution in [0.15, 0.2) is 24.3 Å². The largest absolute Gasteiger partial charge is 0.497 e. The molecule has 0 saturated carbocycles. The fourth-order valence-electron chi connectivity index (χ4n) is 2.92. The van der Waals surface area contributed by atoms with Crippen molar-refractivity contribution >= 4 is 0 Å². The van der Waals surface area contributed by atoms with E-state index in [1.54, 1.807) is 14.2 Å². The Balaban J connectivity index is 1.87. The van der Waals surface area contributed by atoms with Crippen LogP contribution in [0.25, 0.3) is 0 Å². The molecule has 0 spiro atoms. The van der Waals surface area contributed by atoms with Gasteiger partial charge in [0.25, 0.3) is 0 Å². The monoisotopic (exact) mass is 344 g/mol. The number of aryl methyl sites for hydroxylation is 4. The molecule has 0 aliphatic rings. The van der Waals surface area contributed by atoms with E-state index in [9.17, 15) is 0 Å². The number of rotatable bonds is 8. The standard InChI is InChI=1S/C21H28O4/c1-14-10-18(22-5)11-15(2)20(14)24-8-7-9-25-21-16(3)12-19(23-6)13-17(21)4/h10-13H,7-9H2,1-6H3. The summed E-state index contributed by atoms with van der Waals surface area (Å²) in [6.45, 7) is 9.36. The van der Waals surface area contributed by atoms with Crippen molar-refractivity contribution in [1.82, 2.24) is 0 Å². The van der Waals surface area contributed by atoms with Crippen molar-refractivity contribution < 1.29 is 18.9 Å². The lowest BCUT2D eigenvalue weighted by molar-refractivity contribution is 0.243. The van der Waals surface area contributed by atoms with Gasteiger partial charge in [0.05, 0.1) is 27.4 Å². The van der Waals surface area contributed by atoms with Gasteiger partial charge < -0.3 is 18.9 Å². The van der Waals surface area contributed by atoms with Crippen LogP contribution in [-0.4, -0.2) is 27.4 Å². The fraction of sp³-hybridized carbons (Fsp3) is 0.429. The quantitative estimate of drug-likeness (QED) is 0.646. The number of hydrogen-bond donors (Lipinski definition) is 0. The first kappa shape index (κ1) is 19.0. The highest BCUT2D eigenvalue weighted by Gasteiger charge is 2.09. The van der Waals surface area contributed by atoms with Gasteiger partial charge in [-0.3, -0.25) is 0 Å². The van der Waals surface area contributed by atoms with E-state index in [-0.39, 0.29) is 0 Å². The van der Waals surface area contributed by atoms with E-state index < -0.39 is 0 Å². The molecule has 0 atom stereocenters. The first-order valence-electron chi connectivity index (χ1n) is 8.52. The minimum absolute atomic E-state index is 0.613. The summed E-state index contributed by atoms with van der Waals surface area (Å²) < 4.78 is 22.4. The molecule has 0 saturated heterocycles. The first-order chi connectivity index (χ1) is 12.0. The lowest BCUT2D eigenvalue weighted by Gasteiger charge is -2.15. The molecule has 136 valence electrons. The number of methoxy groups -OCH3 is 2. The molecule has 0 amide bonds. The zero-order valence-corrected chi connectivity index (χ0v) is 16.1. The second-order valence-corrected chi connectivity index (χ2v) is 6.23. The van der Waals surface area contributed by atoms with Crippen LogP contribution in [0.4, 0.5) is 0 Å². The molecule has 0 heterocycles. The predicted octanol–water partition coefficient (Wildman–Crippen LogP) is 4.79. The van der Waals surface area contributed by atoms with E-state index >= 15 is 0 Å². The van der Waals surface area contributed by atoms with E-state index in [4.69, 9.17) is 18.9 Å². The Morgan fingerprint density at radius 3 is 1.20 bits per heavy atom. The molecule has 2 rings (SSSR count). The summed E-state index contributed by atoms with van der Waals surface area (Å²) >= 11 is 0. The van der Waals surface area contributed by atoms with Gasteiger partial charge in [-0.1, -0.05) is 0 Å². The second kappa shape index (κ2) is 8.65. The van der Waals surface area contributed by atoms with Crippen molar-refractivity contribution in [3.63, 3.8) is 0 Å². The highest BCUT2D eigenvalue weighted by atomic mass is 16.5. The van der Waals surface area contributed by atoms with Crippen LogP contribution in [0.5, 0.6) is 23.0 Å². The maximum absolute atomic E-state index is 5.95. The summed E-state index contributed by atoms with van der Waals surface area (Å²) in [7, 11) is 3.35. The third kappa shape index (κ3) is 4.81. The second-order valence-electron chi connectivity index (χ2n) is 6.23. The van der Waals surface area contributed by atoms with Crippen molar-refractivity contribution in [2.75, 3.05) is 27.4 Å². The van der Waals surface area contributed by atoms with Crippen LogP contribution < -0.4 is 18.9 Å². The predicted molar refractivity (Wildman–Crippen MR) is 101 cm³/mol. The van der Waals surface area contributed by atoms with Crippen molar-refractivity contribution in [2.45, 2.75) is 34.1 Å². The lowest BCUT2D eigenvalue weighted by atomic mass is 10.1. The fourth-order valence-corrected chi connectivity index (χ4v) is 2.92. The maximum atomic E-state index is 5.95. The average Bonchev–Trinajstić information content (AvgIpc) is 2.58. The van der Waals surface area contributed by atoms with E-state index in [0.717, 1.165) is 51.7 Å². The van der Waals surface area contributed by atoms with Crippen LogP contribution in [0.2, 0.25) is 0 Å². The van der Waals surface area contributed by atoms with Crippen molar-refractivity contribution in [2.24, 2.45) is 0 Å². The molecule has 2 aromatic rings. The van der Waals surface area contributed by atoms with Gasteiger partial charge in [-0.2, -0.15) is 0 Å². The summed E-state index contributed by atoms with van der Waals surface area (Å²) in [5.41, 5.74) is 4.33. The van der Waals surface area contributed by atoms with Gasteiger partial charge >= 0.3 is 0 Å². The zero-order chi connectivity index (χ0) is 18.4. The first-order valence-corrected chi connectivity index (χ1v) is 8.52. The van der Waals surface area contributed by atoms with Crippen molar-refractivity contribution in [1.29, 1.82) is 0 Å². The molecular formula is C21H28O4. The third-order valence-corrected chi connectivity index (χ3v) is 4.12. The molecule has 0 unspecified atom stereocenters. The van der Waals surface area contributed by atoms with Gasteiger partial charge in [-0.05, 0) is 74.2 Å². The van der Waals surface area contributed by atoms with E-state index in [1.807, 2.05) is 52.0 Å². The van der Waals surface area contributed by atoms with Crippen LogP contribution in [0, 0.1) is 27.7 Å². The van der Waals surface area contributed by atoms with Crippen molar-refractivity contribution in [3.8, 4) is 23.0 Å². The van der Waals surface area contributed by atoms with Gasteiger partial charge in [0, 0.05) is 6.42 Å². The Bertz CT molecular complexity index is 614. The molecule has 2 aromatic carbocycles. The smallest absolute Gasteiger partial charge is 0.125 e. The molecule has 0 N–H and O–H groups in total. The molecule has 4 heteroatoms. The molecule has 4 nitrogen and oxygen atoms in total. The number of ether oxygens (including phenoxy) is 4. The molecule has 25 heavy (non-hydrogen) atoms. The highest BCUT2D eigenvalue weighted by Crippen LogP contribution is 2.29. The van der Waals surface area contributed by atoms with E-state index in [0.29, 0.717) is 13.2 Å². The Hall–Kier alpha value is -2.36. The maximum Gasteiger partial charge on any atom is 0.125 e. The van der Waals surface area contributed by atoms with Gasteiger partial charge in [-0.15, -0.1) is 0 Å². The zero-order valence-electron chi connectivity index (χ0n) is 16.1. The Labute approximate surface area is 150 Å². The van der Waals surface area contributed by atoms with Crippen LogP contribution >= 0.6 is 0 Å². The third-order valence-electron chi connectivity index (χ3n) is 4.12. The SMILES string of the molecule is COc1cc(C)c(OCCCOc2c(C)cc(OC)cc2C)c(C)c1. The van der Waals surface area contributed by atoms with E-state index in [2.05, 4.69) is 0 Å². The van der Waals surface area contributed by atoms with Gasteiger partial charge in [-0.25, -0.2) is 0 Å². The van der Waals surface area contributed by atoms with Gasteiger partial charge in [0.15, 0.2) is 0 Å². The van der Waals surface area contributed by atoms with Gasteiger partial charge in [0.1, 0.15) is 23.0 Å². The average molecular weight is 344 g/mol. The highest BCUT2D eigenvalue weighted by molar-refractivity contribution is 5.46. The molecule has 0 bridgehead atoms. The van der Waals surface area contributed by atoms with Gasteiger partial charge in [0.2, 0.25) is 0 Å². The molecule has 0 aliphatic heterocycles. The van der Waals surface area contributed by atoms with Crippen molar-refractivity contribution in [3.05, 3.63) is 46.5 Å². The number of hydrogen-bond acceptors (Lipinski definition) is 4. The molecule has 0 radical (unpaired) electrons. The minimum atomic E-state index is 0.613. The topological polar surface area (TPSA) is 36.9 Å². The van der Waals surface area contributed by atoms with E-state index in [1.165, 1.54) is 0 Å². The summed E-state index contributed by atoms with van der Waals surface area (Å²) in [4.78, 5) is 0. The summed E-state index contributed by atoms with van der Waals surface area (Å²) in [5, 5.41) is 0. The minimum Gasteiger partial charge on any atom is -0.497 e. The Morgan fingerprint density at radius 1 is 0.600 bits per heavy atom. The summed E-state index contributed by atoms with van der Waals surface area (Å²) in [6, 6.07) is 7.96. The molecular weight excluding hydrogens is 316 g/mol. The lowest BCUT2D eigenvalue weighted by Crippen LogP contribution is -2.08. The van der Waals surface area contributed by atoms with Crippen LogP contribution in [0.3, 0.4) is 0 Å². The summed E-state index contributed by atoms with van der Waals surface area (Å²) in [5.74, 6) is 3.57. The summed E-state index contributed by atoms with van der Waals surface area (Å²) in [6.07, 6.45) is 0.815. The Kier molecular flexibility index (Phi) is 6.57. The normalized spacial score (nSPS) is 10.5. The molecule has 0 aromatic heterocycles. The van der Waals surface area contributed by atoms with Crippen LogP contribution in [0.1, 0.15) is 28.7 Å². The van der Waals surface area contributed by atoms with Crippen LogP contribution in [-0.2, 0) is 0 Å². The Morgan fingerprint density at radius 2 is 0.920 bits per heavy atom. The number of benzene rings is 2. The molecule has 0 fully saturated rings. The molecule has 0 aliphatic carbocycles.